The summed E-state index contributed by atoms with van der Waals surface area (Å²) in [6.07, 6.45) is 5.11. The highest BCUT2D eigenvalue weighted by atomic mass is 16.2. The van der Waals surface area contributed by atoms with Gasteiger partial charge >= 0.3 is 0 Å². The zero-order chi connectivity index (χ0) is 15.3. The first-order valence-corrected chi connectivity index (χ1v) is 8.18. The van der Waals surface area contributed by atoms with E-state index in [-0.39, 0.29) is 11.9 Å². The number of rotatable bonds is 5. The Labute approximate surface area is 128 Å². The standard InChI is InChI=1S/C18H28N2O/c1-3-18(4-2)10-12-20(13-11-18)17(21)14-16(19)15-8-6-5-7-9-15/h5-9,16H,3-4,10-14,19H2,1-2H3. The maximum atomic E-state index is 12.4. The highest BCUT2D eigenvalue weighted by molar-refractivity contribution is 5.77. The van der Waals surface area contributed by atoms with Crippen molar-refractivity contribution in [3.8, 4) is 0 Å². The van der Waals surface area contributed by atoms with Gasteiger partial charge in [-0.25, -0.2) is 0 Å². The molecule has 0 aliphatic carbocycles. The summed E-state index contributed by atoms with van der Waals surface area (Å²) in [7, 11) is 0. The van der Waals surface area contributed by atoms with Gasteiger partial charge in [-0.3, -0.25) is 4.79 Å². The summed E-state index contributed by atoms with van der Waals surface area (Å²) in [5.74, 6) is 0.201. The van der Waals surface area contributed by atoms with Crippen LogP contribution in [0.2, 0.25) is 0 Å². The molecule has 2 N–H and O–H groups in total. The highest BCUT2D eigenvalue weighted by Crippen LogP contribution is 2.38. The molecule has 2 rings (SSSR count). The van der Waals surface area contributed by atoms with Gasteiger partial charge in [0, 0.05) is 25.6 Å². The van der Waals surface area contributed by atoms with E-state index in [1.165, 1.54) is 12.8 Å². The molecular formula is C18H28N2O. The second kappa shape index (κ2) is 7.08. The fourth-order valence-electron chi connectivity index (χ4n) is 3.32. The van der Waals surface area contributed by atoms with Gasteiger partial charge in [0.15, 0.2) is 0 Å². The zero-order valence-electron chi connectivity index (χ0n) is 13.3. The maximum Gasteiger partial charge on any atom is 0.224 e. The molecule has 1 saturated heterocycles. The Morgan fingerprint density at radius 3 is 2.29 bits per heavy atom. The molecule has 1 heterocycles. The third kappa shape index (κ3) is 3.85. The minimum absolute atomic E-state index is 0.192. The van der Waals surface area contributed by atoms with E-state index >= 15 is 0 Å². The smallest absolute Gasteiger partial charge is 0.224 e. The van der Waals surface area contributed by atoms with Crippen molar-refractivity contribution in [3.63, 3.8) is 0 Å². The van der Waals surface area contributed by atoms with Crippen LogP contribution in [0.3, 0.4) is 0 Å². The van der Waals surface area contributed by atoms with Crippen LogP contribution in [0.4, 0.5) is 0 Å². The predicted octanol–water partition coefficient (Wildman–Crippen LogP) is 3.51. The average Bonchev–Trinajstić information content (AvgIpc) is 2.55. The number of nitrogens with two attached hydrogens (primary N) is 1. The summed E-state index contributed by atoms with van der Waals surface area (Å²) < 4.78 is 0. The van der Waals surface area contributed by atoms with E-state index < -0.39 is 0 Å². The number of hydrogen-bond donors (Lipinski definition) is 1. The largest absolute Gasteiger partial charge is 0.343 e. The molecular weight excluding hydrogens is 260 g/mol. The van der Waals surface area contributed by atoms with Crippen LogP contribution in [0.5, 0.6) is 0 Å². The van der Waals surface area contributed by atoms with Gasteiger partial charge in [-0.15, -0.1) is 0 Å². The summed E-state index contributed by atoms with van der Waals surface area (Å²) >= 11 is 0. The molecule has 1 atom stereocenters. The lowest BCUT2D eigenvalue weighted by Crippen LogP contribution is -2.43. The number of benzene rings is 1. The summed E-state index contributed by atoms with van der Waals surface area (Å²) in [4.78, 5) is 14.4. The summed E-state index contributed by atoms with van der Waals surface area (Å²) in [6.45, 7) is 6.32. The Bertz CT molecular complexity index is 444. The number of carbonyl (C=O) groups excluding carboxylic acids is 1. The fourth-order valence-corrected chi connectivity index (χ4v) is 3.32. The molecule has 0 radical (unpaired) electrons. The predicted molar refractivity (Wildman–Crippen MR) is 86.8 cm³/mol. The van der Waals surface area contributed by atoms with Gasteiger partial charge in [-0.2, -0.15) is 0 Å². The van der Waals surface area contributed by atoms with Crippen molar-refractivity contribution in [1.29, 1.82) is 0 Å². The Balaban J connectivity index is 1.88. The molecule has 1 aromatic rings. The lowest BCUT2D eigenvalue weighted by Gasteiger charge is -2.41. The van der Waals surface area contributed by atoms with E-state index in [0.29, 0.717) is 11.8 Å². The molecule has 1 unspecified atom stereocenters. The van der Waals surface area contributed by atoms with Crippen LogP contribution in [-0.2, 0) is 4.79 Å². The van der Waals surface area contributed by atoms with E-state index in [1.54, 1.807) is 0 Å². The topological polar surface area (TPSA) is 46.3 Å². The molecule has 3 nitrogen and oxygen atoms in total. The van der Waals surface area contributed by atoms with Crippen molar-refractivity contribution >= 4 is 5.91 Å². The first-order valence-electron chi connectivity index (χ1n) is 8.18. The van der Waals surface area contributed by atoms with Crippen LogP contribution in [0.15, 0.2) is 30.3 Å². The fraction of sp³-hybridized carbons (Fsp3) is 0.611. The highest BCUT2D eigenvalue weighted by Gasteiger charge is 2.33. The summed E-state index contributed by atoms with van der Waals surface area (Å²) in [6, 6.07) is 9.70. The van der Waals surface area contributed by atoms with Crippen LogP contribution in [0, 0.1) is 5.41 Å². The molecule has 3 heteroatoms. The van der Waals surface area contributed by atoms with Gasteiger partial charge in [-0.05, 0) is 23.8 Å². The van der Waals surface area contributed by atoms with Gasteiger partial charge in [0.2, 0.25) is 5.91 Å². The third-order valence-electron chi connectivity index (χ3n) is 5.30. The van der Waals surface area contributed by atoms with E-state index in [9.17, 15) is 4.79 Å². The average molecular weight is 288 g/mol. The van der Waals surface area contributed by atoms with Crippen molar-refractivity contribution in [2.45, 2.75) is 52.0 Å². The molecule has 1 aliphatic rings. The number of likely N-dealkylation sites (tertiary alicyclic amines) is 1. The van der Waals surface area contributed by atoms with E-state index in [4.69, 9.17) is 5.73 Å². The third-order valence-corrected chi connectivity index (χ3v) is 5.30. The molecule has 21 heavy (non-hydrogen) atoms. The molecule has 1 aromatic carbocycles. The summed E-state index contributed by atoms with van der Waals surface area (Å²) in [5.41, 5.74) is 7.66. The molecule has 0 aromatic heterocycles. The summed E-state index contributed by atoms with van der Waals surface area (Å²) in [5, 5.41) is 0. The van der Waals surface area contributed by atoms with Gasteiger partial charge < -0.3 is 10.6 Å². The molecule has 0 spiro atoms. The lowest BCUT2D eigenvalue weighted by atomic mass is 9.74. The first-order chi connectivity index (χ1) is 10.1. The lowest BCUT2D eigenvalue weighted by molar-refractivity contribution is -0.134. The zero-order valence-corrected chi connectivity index (χ0v) is 13.3. The van der Waals surface area contributed by atoms with Crippen LogP contribution in [0.25, 0.3) is 0 Å². The van der Waals surface area contributed by atoms with Crippen molar-refractivity contribution in [1.82, 2.24) is 4.90 Å². The number of nitrogens with zero attached hydrogens (tertiary/aromatic N) is 1. The first kappa shape index (κ1) is 16.0. The quantitative estimate of drug-likeness (QED) is 0.901. The molecule has 0 bridgehead atoms. The van der Waals surface area contributed by atoms with Gasteiger partial charge in [0.05, 0.1) is 0 Å². The second-order valence-corrected chi connectivity index (χ2v) is 6.31. The maximum absolute atomic E-state index is 12.4. The second-order valence-electron chi connectivity index (χ2n) is 6.31. The van der Waals surface area contributed by atoms with Crippen molar-refractivity contribution in [3.05, 3.63) is 35.9 Å². The Morgan fingerprint density at radius 1 is 1.19 bits per heavy atom. The van der Waals surface area contributed by atoms with E-state index in [0.717, 1.165) is 31.5 Å². The molecule has 1 aliphatic heterocycles. The van der Waals surface area contributed by atoms with Crippen LogP contribution in [0.1, 0.15) is 57.6 Å². The van der Waals surface area contributed by atoms with Gasteiger partial charge in [0.1, 0.15) is 0 Å². The van der Waals surface area contributed by atoms with Gasteiger partial charge in [-0.1, -0.05) is 57.0 Å². The molecule has 116 valence electrons. The molecule has 1 fully saturated rings. The van der Waals surface area contributed by atoms with Crippen LogP contribution >= 0.6 is 0 Å². The normalized spacial score (nSPS) is 19.3. The van der Waals surface area contributed by atoms with Crippen molar-refractivity contribution in [2.24, 2.45) is 11.1 Å². The number of piperidine rings is 1. The Kier molecular flexibility index (Phi) is 5.40. The SMILES string of the molecule is CCC1(CC)CCN(C(=O)CC(N)c2ccccc2)CC1. The number of amides is 1. The number of hydrogen-bond acceptors (Lipinski definition) is 2. The van der Waals surface area contributed by atoms with E-state index in [2.05, 4.69) is 13.8 Å². The number of carbonyl (C=O) groups is 1. The van der Waals surface area contributed by atoms with Gasteiger partial charge in [0.25, 0.3) is 0 Å². The van der Waals surface area contributed by atoms with Crippen LogP contribution < -0.4 is 5.73 Å². The monoisotopic (exact) mass is 288 g/mol. The minimum atomic E-state index is -0.192. The molecule has 1 amide bonds. The van der Waals surface area contributed by atoms with E-state index in [1.807, 2.05) is 35.2 Å². The minimum Gasteiger partial charge on any atom is -0.343 e. The van der Waals surface area contributed by atoms with Crippen molar-refractivity contribution in [2.75, 3.05) is 13.1 Å². The molecule has 0 saturated carbocycles. The van der Waals surface area contributed by atoms with Crippen LogP contribution in [-0.4, -0.2) is 23.9 Å². The Hall–Kier alpha value is -1.35. The Morgan fingerprint density at radius 2 is 1.76 bits per heavy atom. The van der Waals surface area contributed by atoms with Crippen molar-refractivity contribution < 1.29 is 4.79 Å².